The second-order valence-electron chi connectivity index (χ2n) is 3.81. The van der Waals surface area contributed by atoms with E-state index in [2.05, 4.69) is 10.6 Å². The maximum Gasteiger partial charge on any atom is 0.224 e. The standard InChI is InChI=1S/C12H17FN2O.ClH/c1-9(7-14-2)12(16)15-8-10-4-3-5-11(13)6-10;/h3-6,9,14H,7-8H2,1-2H3,(H,15,16);1H. The Kier molecular flexibility index (Phi) is 7.50. The van der Waals surface area contributed by atoms with Gasteiger partial charge in [0, 0.05) is 19.0 Å². The third-order valence-electron chi connectivity index (χ3n) is 2.31. The van der Waals surface area contributed by atoms with E-state index in [1.54, 1.807) is 19.2 Å². The van der Waals surface area contributed by atoms with E-state index in [1.807, 2.05) is 6.92 Å². The number of rotatable bonds is 5. The van der Waals surface area contributed by atoms with Gasteiger partial charge in [0.2, 0.25) is 5.91 Å². The monoisotopic (exact) mass is 260 g/mol. The van der Waals surface area contributed by atoms with E-state index in [0.717, 1.165) is 5.56 Å². The van der Waals surface area contributed by atoms with E-state index >= 15 is 0 Å². The van der Waals surface area contributed by atoms with Gasteiger partial charge in [-0.1, -0.05) is 19.1 Å². The fourth-order valence-electron chi connectivity index (χ4n) is 1.41. The first-order chi connectivity index (χ1) is 7.63. The summed E-state index contributed by atoms with van der Waals surface area (Å²) in [5, 5.41) is 5.70. The SMILES string of the molecule is CNCC(C)C(=O)NCc1cccc(F)c1.Cl. The van der Waals surface area contributed by atoms with Crippen molar-refractivity contribution in [3.8, 4) is 0 Å². The third kappa shape index (κ3) is 5.65. The Morgan fingerprint density at radius 3 is 2.76 bits per heavy atom. The molecule has 3 nitrogen and oxygen atoms in total. The van der Waals surface area contributed by atoms with Crippen molar-refractivity contribution >= 4 is 18.3 Å². The smallest absolute Gasteiger partial charge is 0.224 e. The summed E-state index contributed by atoms with van der Waals surface area (Å²) in [5.74, 6) is -0.396. The van der Waals surface area contributed by atoms with Gasteiger partial charge in [-0.25, -0.2) is 4.39 Å². The molecule has 1 aromatic carbocycles. The second kappa shape index (κ2) is 8.03. The van der Waals surface area contributed by atoms with Crippen molar-refractivity contribution in [3.63, 3.8) is 0 Å². The third-order valence-corrected chi connectivity index (χ3v) is 2.31. The summed E-state index contributed by atoms with van der Waals surface area (Å²) in [6.45, 7) is 2.84. The highest BCUT2D eigenvalue weighted by Gasteiger charge is 2.10. The van der Waals surface area contributed by atoms with Gasteiger partial charge in [-0.3, -0.25) is 4.79 Å². The Morgan fingerprint density at radius 2 is 2.18 bits per heavy atom. The van der Waals surface area contributed by atoms with Gasteiger partial charge in [-0.15, -0.1) is 12.4 Å². The Labute approximate surface area is 107 Å². The van der Waals surface area contributed by atoms with E-state index in [4.69, 9.17) is 0 Å². The number of hydrogen-bond acceptors (Lipinski definition) is 2. The summed E-state index contributed by atoms with van der Waals surface area (Å²) in [5.41, 5.74) is 0.769. The zero-order valence-electron chi connectivity index (χ0n) is 10.00. The maximum atomic E-state index is 12.8. The van der Waals surface area contributed by atoms with Crippen LogP contribution < -0.4 is 10.6 Å². The molecule has 0 aliphatic heterocycles. The minimum absolute atomic E-state index is 0. The van der Waals surface area contributed by atoms with Gasteiger partial charge in [-0.2, -0.15) is 0 Å². The van der Waals surface area contributed by atoms with E-state index in [1.165, 1.54) is 12.1 Å². The zero-order valence-corrected chi connectivity index (χ0v) is 10.8. The fraction of sp³-hybridized carbons (Fsp3) is 0.417. The van der Waals surface area contributed by atoms with Crippen molar-refractivity contribution in [3.05, 3.63) is 35.6 Å². The first-order valence-electron chi connectivity index (χ1n) is 5.30. The summed E-state index contributed by atoms with van der Waals surface area (Å²) in [4.78, 5) is 11.5. The predicted molar refractivity (Wildman–Crippen MR) is 68.6 cm³/mol. The molecule has 1 unspecified atom stereocenters. The van der Waals surface area contributed by atoms with Crippen LogP contribution in [0.4, 0.5) is 4.39 Å². The molecule has 0 spiro atoms. The highest BCUT2D eigenvalue weighted by atomic mass is 35.5. The number of halogens is 2. The molecular weight excluding hydrogens is 243 g/mol. The first kappa shape index (κ1) is 15.9. The zero-order chi connectivity index (χ0) is 12.0. The Hall–Kier alpha value is -1.13. The molecule has 0 aliphatic carbocycles. The molecule has 1 atom stereocenters. The topological polar surface area (TPSA) is 41.1 Å². The van der Waals surface area contributed by atoms with Gasteiger partial charge in [0.25, 0.3) is 0 Å². The summed E-state index contributed by atoms with van der Waals surface area (Å²) >= 11 is 0. The Balaban J connectivity index is 0.00000256. The molecule has 0 aliphatic rings. The van der Waals surface area contributed by atoms with Gasteiger partial charge >= 0.3 is 0 Å². The molecule has 0 heterocycles. The van der Waals surface area contributed by atoms with Gasteiger partial charge < -0.3 is 10.6 Å². The number of hydrogen-bond donors (Lipinski definition) is 2. The average Bonchev–Trinajstić information content (AvgIpc) is 2.26. The van der Waals surface area contributed by atoms with Gasteiger partial charge in [-0.05, 0) is 24.7 Å². The van der Waals surface area contributed by atoms with Gasteiger partial charge in [0.1, 0.15) is 5.82 Å². The minimum atomic E-state index is -0.282. The lowest BCUT2D eigenvalue weighted by Crippen LogP contribution is -2.33. The van der Waals surface area contributed by atoms with Crippen LogP contribution in [0.25, 0.3) is 0 Å². The van der Waals surface area contributed by atoms with Gasteiger partial charge in [0.15, 0.2) is 0 Å². The summed E-state index contributed by atoms with van der Waals surface area (Å²) in [6.07, 6.45) is 0. The molecule has 1 amide bonds. The molecule has 0 saturated heterocycles. The molecule has 0 saturated carbocycles. The number of carbonyl (C=O) groups is 1. The fourth-order valence-corrected chi connectivity index (χ4v) is 1.41. The number of nitrogens with one attached hydrogen (secondary N) is 2. The van der Waals surface area contributed by atoms with Crippen molar-refractivity contribution in [1.29, 1.82) is 0 Å². The maximum absolute atomic E-state index is 12.8. The van der Waals surface area contributed by atoms with Gasteiger partial charge in [0.05, 0.1) is 0 Å². The lowest BCUT2D eigenvalue weighted by molar-refractivity contribution is -0.124. The first-order valence-corrected chi connectivity index (χ1v) is 5.30. The number of benzene rings is 1. The van der Waals surface area contributed by atoms with E-state index in [-0.39, 0.29) is 30.0 Å². The molecule has 0 fully saturated rings. The van der Waals surface area contributed by atoms with E-state index < -0.39 is 0 Å². The van der Waals surface area contributed by atoms with Crippen LogP contribution in [0.15, 0.2) is 24.3 Å². The quantitative estimate of drug-likeness (QED) is 0.847. The highest BCUT2D eigenvalue weighted by Crippen LogP contribution is 2.03. The Bertz CT molecular complexity index is 360. The van der Waals surface area contributed by atoms with Crippen molar-refractivity contribution < 1.29 is 9.18 Å². The molecule has 0 radical (unpaired) electrons. The highest BCUT2D eigenvalue weighted by molar-refractivity contribution is 5.85. The summed E-state index contributed by atoms with van der Waals surface area (Å²) in [6, 6.07) is 6.22. The molecule has 0 aromatic heterocycles. The van der Waals surface area contributed by atoms with E-state index in [9.17, 15) is 9.18 Å². The summed E-state index contributed by atoms with van der Waals surface area (Å²) < 4.78 is 12.8. The lowest BCUT2D eigenvalue weighted by atomic mass is 10.1. The molecule has 1 rings (SSSR count). The van der Waals surface area contributed by atoms with Crippen LogP contribution in [-0.4, -0.2) is 19.5 Å². The van der Waals surface area contributed by atoms with Crippen molar-refractivity contribution in [2.75, 3.05) is 13.6 Å². The summed E-state index contributed by atoms with van der Waals surface area (Å²) in [7, 11) is 1.80. The normalized spacial score (nSPS) is 11.5. The van der Waals surface area contributed by atoms with Crippen LogP contribution in [0, 0.1) is 11.7 Å². The van der Waals surface area contributed by atoms with Crippen LogP contribution >= 0.6 is 12.4 Å². The molecule has 0 bridgehead atoms. The van der Waals surface area contributed by atoms with E-state index in [0.29, 0.717) is 13.1 Å². The van der Waals surface area contributed by atoms with Crippen molar-refractivity contribution in [2.24, 2.45) is 5.92 Å². The van der Waals surface area contributed by atoms with Crippen LogP contribution in [0.3, 0.4) is 0 Å². The molecule has 96 valence electrons. The van der Waals surface area contributed by atoms with Crippen molar-refractivity contribution in [2.45, 2.75) is 13.5 Å². The predicted octanol–water partition coefficient (Wildman–Crippen LogP) is 1.72. The molecule has 5 heteroatoms. The minimum Gasteiger partial charge on any atom is -0.352 e. The largest absolute Gasteiger partial charge is 0.352 e. The molecule has 2 N–H and O–H groups in total. The number of amides is 1. The van der Waals surface area contributed by atoms with Crippen LogP contribution in [0.5, 0.6) is 0 Å². The lowest BCUT2D eigenvalue weighted by Gasteiger charge is -2.11. The second-order valence-corrected chi connectivity index (χ2v) is 3.81. The number of carbonyl (C=O) groups excluding carboxylic acids is 1. The van der Waals surface area contributed by atoms with Crippen LogP contribution in [-0.2, 0) is 11.3 Å². The Morgan fingerprint density at radius 1 is 1.47 bits per heavy atom. The van der Waals surface area contributed by atoms with Crippen LogP contribution in [0.2, 0.25) is 0 Å². The van der Waals surface area contributed by atoms with Crippen LogP contribution in [0.1, 0.15) is 12.5 Å². The molecule has 17 heavy (non-hydrogen) atoms. The molecule has 1 aromatic rings. The molecular formula is C12H18ClFN2O. The average molecular weight is 261 g/mol. The van der Waals surface area contributed by atoms with Crippen molar-refractivity contribution in [1.82, 2.24) is 10.6 Å².